The number of pyridine rings is 1. The molecule has 0 saturated heterocycles. The van der Waals surface area contributed by atoms with E-state index in [1.54, 1.807) is 34.1 Å². The van der Waals surface area contributed by atoms with Gasteiger partial charge in [-0.2, -0.15) is 5.10 Å². The smallest absolute Gasteiger partial charge is 0.358 e. The largest absolute Gasteiger partial charge is 0.464 e. The number of carbonyl (C=O) groups excluding carboxylic acids is 2. The van der Waals surface area contributed by atoms with Crippen molar-refractivity contribution in [3.05, 3.63) is 65.6 Å². The summed E-state index contributed by atoms with van der Waals surface area (Å²) in [5.74, 6) is -0.0329. The van der Waals surface area contributed by atoms with Crippen LogP contribution in [0.4, 0.5) is 5.69 Å². The van der Waals surface area contributed by atoms with E-state index in [1.807, 2.05) is 18.3 Å². The number of aromatic nitrogens is 3. The third-order valence-electron chi connectivity index (χ3n) is 4.48. The second-order valence-electron chi connectivity index (χ2n) is 6.19. The van der Waals surface area contributed by atoms with Gasteiger partial charge in [0.2, 0.25) is 0 Å². The monoisotopic (exact) mass is 366 g/mol. The number of furan rings is 1. The van der Waals surface area contributed by atoms with Crippen molar-refractivity contribution in [1.82, 2.24) is 14.8 Å². The van der Waals surface area contributed by atoms with Crippen molar-refractivity contribution in [2.24, 2.45) is 0 Å². The van der Waals surface area contributed by atoms with E-state index in [1.165, 1.54) is 7.11 Å². The molecule has 0 saturated carbocycles. The molecule has 0 unspecified atom stereocenters. The van der Waals surface area contributed by atoms with Gasteiger partial charge in [0.05, 0.1) is 19.3 Å². The van der Waals surface area contributed by atoms with E-state index in [9.17, 15) is 9.59 Å². The van der Waals surface area contributed by atoms with Gasteiger partial charge in [0.15, 0.2) is 11.5 Å². The third kappa shape index (κ3) is 3.21. The fourth-order valence-electron chi connectivity index (χ4n) is 3.25. The van der Waals surface area contributed by atoms with E-state index in [0.29, 0.717) is 24.5 Å². The normalized spacial score (nSPS) is 13.3. The molecule has 0 bridgehead atoms. The summed E-state index contributed by atoms with van der Waals surface area (Å²) in [5.41, 5.74) is 1.55. The minimum Gasteiger partial charge on any atom is -0.464 e. The zero-order valence-corrected chi connectivity index (χ0v) is 14.8. The van der Waals surface area contributed by atoms with E-state index in [4.69, 9.17) is 9.15 Å². The molecule has 0 radical (unpaired) electrons. The summed E-state index contributed by atoms with van der Waals surface area (Å²) in [6.45, 7) is 0.919. The highest BCUT2D eigenvalue weighted by Gasteiger charge is 2.31. The van der Waals surface area contributed by atoms with Crippen molar-refractivity contribution < 1.29 is 18.7 Å². The Labute approximate surface area is 155 Å². The molecule has 4 heterocycles. The maximum atomic E-state index is 13.1. The van der Waals surface area contributed by atoms with Crippen molar-refractivity contribution in [2.75, 3.05) is 18.6 Å². The fourth-order valence-corrected chi connectivity index (χ4v) is 3.25. The van der Waals surface area contributed by atoms with Crippen molar-refractivity contribution in [1.29, 1.82) is 0 Å². The van der Waals surface area contributed by atoms with Crippen LogP contribution in [0, 0.1) is 0 Å². The lowest BCUT2D eigenvalue weighted by atomic mass is 10.0. The van der Waals surface area contributed by atoms with Gasteiger partial charge in [0.1, 0.15) is 5.76 Å². The summed E-state index contributed by atoms with van der Waals surface area (Å²) in [6, 6.07) is 7.04. The van der Waals surface area contributed by atoms with Crippen molar-refractivity contribution in [2.45, 2.75) is 19.4 Å². The molecule has 4 rings (SSSR count). The molecule has 138 valence electrons. The first-order valence-corrected chi connectivity index (χ1v) is 8.61. The molecule has 8 heteroatoms. The maximum Gasteiger partial charge on any atom is 0.358 e. The van der Waals surface area contributed by atoms with Crippen LogP contribution in [0.1, 0.15) is 38.8 Å². The van der Waals surface area contributed by atoms with Gasteiger partial charge in [-0.25, -0.2) is 9.78 Å². The number of aryl methyl sites for hydroxylation is 1. The Hall–Kier alpha value is -3.42. The zero-order chi connectivity index (χ0) is 18.8. The standard InChI is InChI=1S/C19H18N4O4/c1-26-19(25)16-17-13(7-9-20-16)4-2-11-23(17)18(24)15-6-5-14(27-15)12-22-10-3-8-21-22/h3,5-10H,2,4,11-12H2,1H3. The van der Waals surface area contributed by atoms with Gasteiger partial charge in [-0.05, 0) is 42.7 Å². The van der Waals surface area contributed by atoms with E-state index in [0.717, 1.165) is 18.4 Å². The lowest BCUT2D eigenvalue weighted by molar-refractivity contribution is 0.0594. The van der Waals surface area contributed by atoms with E-state index in [-0.39, 0.29) is 17.4 Å². The first-order valence-electron chi connectivity index (χ1n) is 8.61. The number of hydrogen-bond acceptors (Lipinski definition) is 6. The average Bonchev–Trinajstić information content (AvgIpc) is 3.38. The molecule has 0 aliphatic carbocycles. The molecular formula is C19H18N4O4. The number of hydrogen-bond donors (Lipinski definition) is 0. The molecule has 1 aliphatic heterocycles. The van der Waals surface area contributed by atoms with Crippen LogP contribution >= 0.6 is 0 Å². The predicted octanol–water partition coefficient (Wildman–Crippen LogP) is 2.30. The summed E-state index contributed by atoms with van der Waals surface area (Å²) in [5, 5.41) is 4.13. The van der Waals surface area contributed by atoms with Gasteiger partial charge in [-0.1, -0.05) is 0 Å². The lowest BCUT2D eigenvalue weighted by Gasteiger charge is -2.29. The van der Waals surface area contributed by atoms with Crippen LogP contribution in [0.25, 0.3) is 0 Å². The minimum absolute atomic E-state index is 0.145. The second kappa shape index (κ2) is 7.06. The number of nitrogens with zero attached hydrogens (tertiary/aromatic N) is 4. The quantitative estimate of drug-likeness (QED) is 0.658. The molecule has 1 aliphatic rings. The zero-order valence-electron chi connectivity index (χ0n) is 14.8. The molecule has 27 heavy (non-hydrogen) atoms. The third-order valence-corrected chi connectivity index (χ3v) is 4.48. The highest BCUT2D eigenvalue weighted by molar-refractivity contribution is 6.08. The second-order valence-corrected chi connectivity index (χ2v) is 6.19. The number of ether oxygens (including phenoxy) is 1. The predicted molar refractivity (Wildman–Crippen MR) is 95.6 cm³/mol. The minimum atomic E-state index is -0.564. The molecular weight excluding hydrogens is 348 g/mol. The average molecular weight is 366 g/mol. The molecule has 0 atom stereocenters. The highest BCUT2D eigenvalue weighted by atomic mass is 16.5. The lowest BCUT2D eigenvalue weighted by Crippen LogP contribution is -2.37. The number of methoxy groups -OCH3 is 1. The number of anilines is 1. The molecule has 0 spiro atoms. The Kier molecular flexibility index (Phi) is 4.45. The Morgan fingerprint density at radius 2 is 2.15 bits per heavy atom. The van der Waals surface area contributed by atoms with Gasteiger partial charge in [-0.3, -0.25) is 9.48 Å². The fraction of sp³-hybridized carbons (Fsp3) is 0.263. The van der Waals surface area contributed by atoms with Crippen LogP contribution in [0.2, 0.25) is 0 Å². The molecule has 8 nitrogen and oxygen atoms in total. The Balaban J connectivity index is 1.64. The van der Waals surface area contributed by atoms with E-state index >= 15 is 0 Å². The van der Waals surface area contributed by atoms with E-state index < -0.39 is 5.97 Å². The molecule has 1 amide bonds. The van der Waals surface area contributed by atoms with Crippen LogP contribution in [0.15, 0.2) is 47.3 Å². The number of amides is 1. The summed E-state index contributed by atoms with van der Waals surface area (Å²) in [7, 11) is 1.30. The van der Waals surface area contributed by atoms with Crippen LogP contribution in [-0.2, 0) is 17.7 Å². The summed E-state index contributed by atoms with van der Waals surface area (Å²) >= 11 is 0. The van der Waals surface area contributed by atoms with Crippen LogP contribution in [-0.4, -0.2) is 40.3 Å². The Morgan fingerprint density at radius 1 is 1.26 bits per heavy atom. The summed E-state index contributed by atoms with van der Waals surface area (Å²) < 4.78 is 12.3. The highest BCUT2D eigenvalue weighted by Crippen LogP contribution is 2.31. The summed E-state index contributed by atoms with van der Waals surface area (Å²) in [4.78, 5) is 30.9. The van der Waals surface area contributed by atoms with E-state index in [2.05, 4.69) is 10.1 Å². The van der Waals surface area contributed by atoms with Crippen molar-refractivity contribution >= 4 is 17.6 Å². The Morgan fingerprint density at radius 3 is 2.93 bits per heavy atom. The molecule has 0 N–H and O–H groups in total. The van der Waals surface area contributed by atoms with Crippen LogP contribution in [0.5, 0.6) is 0 Å². The first-order chi connectivity index (χ1) is 13.2. The van der Waals surface area contributed by atoms with Crippen LogP contribution in [0.3, 0.4) is 0 Å². The number of carbonyl (C=O) groups is 2. The molecule has 0 aromatic carbocycles. The Bertz CT molecular complexity index is 978. The van der Waals surface area contributed by atoms with Crippen molar-refractivity contribution in [3.63, 3.8) is 0 Å². The number of fused-ring (bicyclic) bond motifs is 1. The summed E-state index contributed by atoms with van der Waals surface area (Å²) in [6.07, 6.45) is 6.63. The molecule has 3 aromatic heterocycles. The maximum absolute atomic E-state index is 13.1. The van der Waals surface area contributed by atoms with Crippen molar-refractivity contribution in [3.8, 4) is 0 Å². The van der Waals surface area contributed by atoms with Crippen LogP contribution < -0.4 is 4.90 Å². The topological polar surface area (TPSA) is 90.5 Å². The van der Waals surface area contributed by atoms with Gasteiger partial charge in [0, 0.05) is 25.1 Å². The van der Waals surface area contributed by atoms with Gasteiger partial charge < -0.3 is 14.1 Å². The van der Waals surface area contributed by atoms with Gasteiger partial charge in [-0.15, -0.1) is 0 Å². The molecule has 3 aromatic rings. The number of rotatable bonds is 4. The molecule has 0 fully saturated rings. The van der Waals surface area contributed by atoms with Gasteiger partial charge in [0.25, 0.3) is 5.91 Å². The SMILES string of the molecule is COC(=O)c1nccc2c1N(C(=O)c1ccc(Cn3cccn3)o1)CCC2. The van der Waals surface area contributed by atoms with Gasteiger partial charge >= 0.3 is 5.97 Å². The number of esters is 1. The first kappa shape index (κ1) is 17.0.